The third kappa shape index (κ3) is 4.46. The number of hydrogen-bond donors (Lipinski definition) is 2. The van der Waals surface area contributed by atoms with E-state index in [-0.39, 0.29) is 23.4 Å². The number of hydroxylamine groups is 1. The van der Waals surface area contributed by atoms with E-state index in [1.807, 2.05) is 0 Å². The second-order valence-corrected chi connectivity index (χ2v) is 9.06. The molecule has 29 heavy (non-hydrogen) atoms. The molecule has 0 aliphatic heterocycles. The molecule has 2 N–H and O–H groups in total. The number of sulfone groups is 1. The number of benzene rings is 1. The molecular formula is C18H20F2N2O6S. The van der Waals surface area contributed by atoms with E-state index in [1.165, 1.54) is 24.7 Å². The lowest BCUT2D eigenvalue weighted by atomic mass is 10.0. The van der Waals surface area contributed by atoms with Gasteiger partial charge in [-0.1, -0.05) is 6.07 Å². The third-order valence-electron chi connectivity index (χ3n) is 4.77. The van der Waals surface area contributed by atoms with Crippen LogP contribution >= 0.6 is 0 Å². The van der Waals surface area contributed by atoms with E-state index in [1.54, 1.807) is 0 Å². The summed E-state index contributed by atoms with van der Waals surface area (Å²) in [6.07, 6.45) is 1.26. The number of methoxy groups -OCH3 is 1. The molecule has 1 aromatic carbocycles. The standard InChI is InChI=1S/C18H20F2N2O6S/c1-18(17(24)21-25,29(3,26)27)6-7-22-10-14(20)12(9-16(22)23)11-4-5-15(28-2)13(19)8-11/h4-5,8-10,25H,6-7H2,1-3H3,(H,21,24). The van der Waals surface area contributed by atoms with Gasteiger partial charge >= 0.3 is 0 Å². The van der Waals surface area contributed by atoms with Crippen molar-refractivity contribution in [2.45, 2.75) is 24.6 Å². The first kappa shape index (κ1) is 22.5. The highest BCUT2D eigenvalue weighted by Gasteiger charge is 2.43. The first-order valence-electron chi connectivity index (χ1n) is 8.32. The number of ether oxygens (including phenoxy) is 1. The summed E-state index contributed by atoms with van der Waals surface area (Å²) in [5, 5.41) is 8.82. The number of carbonyl (C=O) groups excluding carboxylic acids is 1. The monoisotopic (exact) mass is 430 g/mol. The van der Waals surface area contributed by atoms with Crippen LogP contribution in [0.3, 0.4) is 0 Å². The van der Waals surface area contributed by atoms with Crippen LogP contribution in [-0.2, 0) is 21.2 Å². The van der Waals surface area contributed by atoms with Crippen molar-refractivity contribution in [3.05, 3.63) is 52.5 Å². The van der Waals surface area contributed by atoms with E-state index in [4.69, 9.17) is 9.94 Å². The molecule has 0 aliphatic carbocycles. The Kier molecular flexibility index (Phi) is 6.43. The van der Waals surface area contributed by atoms with E-state index in [9.17, 15) is 26.8 Å². The normalized spacial score (nSPS) is 13.6. The average Bonchev–Trinajstić information content (AvgIpc) is 2.66. The number of aromatic nitrogens is 1. The molecule has 0 fully saturated rings. The zero-order valence-electron chi connectivity index (χ0n) is 15.9. The lowest BCUT2D eigenvalue weighted by molar-refractivity contribution is -0.131. The molecule has 2 aromatic rings. The summed E-state index contributed by atoms with van der Waals surface area (Å²) in [5.41, 5.74) is 0.582. The molecule has 1 atom stereocenters. The summed E-state index contributed by atoms with van der Waals surface area (Å²) in [7, 11) is -2.69. The van der Waals surface area contributed by atoms with Crippen LogP contribution in [0.5, 0.6) is 5.75 Å². The summed E-state index contributed by atoms with van der Waals surface area (Å²) in [4.78, 5) is 24.2. The fourth-order valence-corrected chi connectivity index (χ4v) is 3.54. The van der Waals surface area contributed by atoms with Gasteiger partial charge in [-0.25, -0.2) is 22.7 Å². The minimum absolute atomic E-state index is 0.0373. The highest BCUT2D eigenvalue weighted by molar-refractivity contribution is 7.92. The molecule has 0 aliphatic rings. The SMILES string of the molecule is COc1ccc(-c2cc(=O)n(CCC(C)(C(=O)NO)S(C)(=O)=O)cc2F)cc1F. The van der Waals surface area contributed by atoms with Crippen LogP contribution in [0.1, 0.15) is 13.3 Å². The predicted octanol–water partition coefficient (Wildman–Crippen LogP) is 1.50. The van der Waals surface area contributed by atoms with Crippen LogP contribution in [0, 0.1) is 11.6 Å². The van der Waals surface area contributed by atoms with E-state index in [0.717, 1.165) is 36.1 Å². The molecule has 0 radical (unpaired) electrons. The van der Waals surface area contributed by atoms with Crippen molar-refractivity contribution in [1.29, 1.82) is 0 Å². The Bertz CT molecular complexity index is 1100. The summed E-state index contributed by atoms with van der Waals surface area (Å²) >= 11 is 0. The highest BCUT2D eigenvalue weighted by atomic mass is 32.2. The van der Waals surface area contributed by atoms with Gasteiger partial charge in [0.15, 0.2) is 26.2 Å². The highest BCUT2D eigenvalue weighted by Crippen LogP contribution is 2.27. The van der Waals surface area contributed by atoms with Crippen LogP contribution in [0.15, 0.2) is 35.3 Å². The number of carbonyl (C=O) groups is 1. The molecule has 2 rings (SSSR count). The number of aryl methyl sites for hydroxylation is 1. The number of pyridine rings is 1. The van der Waals surface area contributed by atoms with Crippen LogP contribution in [-0.4, -0.2) is 42.2 Å². The van der Waals surface area contributed by atoms with E-state index in [2.05, 4.69) is 0 Å². The topological polar surface area (TPSA) is 115 Å². The van der Waals surface area contributed by atoms with Crippen molar-refractivity contribution in [2.75, 3.05) is 13.4 Å². The van der Waals surface area contributed by atoms with Crippen molar-refractivity contribution in [2.24, 2.45) is 0 Å². The molecule has 1 amide bonds. The molecule has 0 saturated carbocycles. The van der Waals surface area contributed by atoms with Crippen molar-refractivity contribution in [3.63, 3.8) is 0 Å². The van der Waals surface area contributed by atoms with Gasteiger partial charge in [0.05, 0.1) is 7.11 Å². The maximum absolute atomic E-state index is 14.6. The zero-order chi connectivity index (χ0) is 22.0. The maximum atomic E-state index is 14.6. The van der Waals surface area contributed by atoms with Gasteiger partial charge < -0.3 is 9.30 Å². The second-order valence-electron chi connectivity index (χ2n) is 6.61. The van der Waals surface area contributed by atoms with E-state index >= 15 is 0 Å². The molecule has 158 valence electrons. The molecule has 8 nitrogen and oxygen atoms in total. The molecule has 1 unspecified atom stereocenters. The van der Waals surface area contributed by atoms with Crippen LogP contribution in [0.2, 0.25) is 0 Å². The van der Waals surface area contributed by atoms with E-state index < -0.39 is 44.1 Å². The van der Waals surface area contributed by atoms with Crippen molar-refractivity contribution < 1.29 is 31.9 Å². The molecular weight excluding hydrogens is 410 g/mol. The molecule has 0 saturated heterocycles. The molecule has 1 aromatic heterocycles. The van der Waals surface area contributed by atoms with Gasteiger partial charge in [0, 0.05) is 30.6 Å². The average molecular weight is 430 g/mol. The fraction of sp³-hybridized carbons (Fsp3) is 0.333. The van der Waals surface area contributed by atoms with Gasteiger partial charge in [-0.3, -0.25) is 14.8 Å². The third-order valence-corrected chi connectivity index (χ3v) is 6.80. The second kappa shape index (κ2) is 8.29. The minimum atomic E-state index is -3.97. The quantitative estimate of drug-likeness (QED) is 0.508. The van der Waals surface area contributed by atoms with Crippen molar-refractivity contribution in [1.82, 2.24) is 10.0 Å². The Hall–Kier alpha value is -2.79. The number of rotatable bonds is 7. The first-order chi connectivity index (χ1) is 13.4. The smallest absolute Gasteiger partial charge is 0.264 e. The Balaban J connectivity index is 2.38. The zero-order valence-corrected chi connectivity index (χ0v) is 16.7. The number of amides is 1. The molecule has 0 bridgehead atoms. The fourth-order valence-electron chi connectivity index (χ4n) is 2.69. The van der Waals surface area contributed by atoms with Crippen LogP contribution in [0.25, 0.3) is 11.1 Å². The van der Waals surface area contributed by atoms with Gasteiger partial charge in [0.1, 0.15) is 5.82 Å². The molecule has 11 heteroatoms. The maximum Gasteiger partial charge on any atom is 0.264 e. The van der Waals surface area contributed by atoms with Crippen molar-refractivity contribution >= 4 is 15.7 Å². The summed E-state index contributed by atoms with van der Waals surface area (Å²) in [5.74, 6) is -2.78. The van der Waals surface area contributed by atoms with Crippen molar-refractivity contribution in [3.8, 4) is 16.9 Å². The summed E-state index contributed by atoms with van der Waals surface area (Å²) in [6.45, 7) is 0.772. The predicted molar refractivity (Wildman–Crippen MR) is 100 cm³/mol. The Morgan fingerprint density at radius 2 is 1.93 bits per heavy atom. The Morgan fingerprint density at radius 1 is 1.28 bits per heavy atom. The minimum Gasteiger partial charge on any atom is -0.494 e. The van der Waals surface area contributed by atoms with E-state index in [0.29, 0.717) is 0 Å². The number of nitrogens with zero attached hydrogens (tertiary/aromatic N) is 1. The summed E-state index contributed by atoms with van der Waals surface area (Å²) < 4.78 is 56.0. The molecule has 0 spiro atoms. The lowest BCUT2D eigenvalue weighted by Crippen LogP contribution is -2.50. The van der Waals surface area contributed by atoms with Gasteiger partial charge in [-0.2, -0.15) is 0 Å². The largest absolute Gasteiger partial charge is 0.494 e. The Labute approximate surface area is 165 Å². The van der Waals surface area contributed by atoms with Gasteiger partial charge in [0.2, 0.25) is 0 Å². The van der Waals surface area contributed by atoms with Gasteiger partial charge in [-0.05, 0) is 31.0 Å². The van der Waals surface area contributed by atoms with Gasteiger partial charge in [0.25, 0.3) is 11.5 Å². The van der Waals surface area contributed by atoms with Crippen LogP contribution in [0.4, 0.5) is 8.78 Å². The van der Waals surface area contributed by atoms with Gasteiger partial charge in [-0.15, -0.1) is 0 Å². The molecule has 1 heterocycles. The van der Waals surface area contributed by atoms with Crippen LogP contribution < -0.4 is 15.8 Å². The first-order valence-corrected chi connectivity index (χ1v) is 10.2. The summed E-state index contributed by atoms with van der Waals surface area (Å²) in [6, 6.07) is 4.64. The number of halogens is 2. The number of nitrogens with one attached hydrogen (secondary N) is 1. The Morgan fingerprint density at radius 3 is 2.45 bits per heavy atom. The number of hydrogen-bond acceptors (Lipinski definition) is 6. The lowest BCUT2D eigenvalue weighted by Gasteiger charge is -2.25.